The minimum atomic E-state index is -0.662. The van der Waals surface area contributed by atoms with Crippen molar-refractivity contribution in [1.29, 1.82) is 0 Å². The van der Waals surface area contributed by atoms with Crippen LogP contribution in [0.15, 0.2) is 23.2 Å². The van der Waals surface area contributed by atoms with E-state index in [0.29, 0.717) is 5.69 Å². The fraction of sp³-hybridized carbons (Fsp3) is 0.400. The Hall–Kier alpha value is -1.20. The summed E-state index contributed by atoms with van der Waals surface area (Å²) < 4.78 is 1.82. The van der Waals surface area contributed by atoms with Gasteiger partial charge in [0, 0.05) is 18.1 Å². The number of aliphatic hydroxyl groups excluding tert-OH is 1. The molecule has 0 amide bonds. The van der Waals surface area contributed by atoms with Gasteiger partial charge in [-0.2, -0.15) is 5.10 Å². The van der Waals surface area contributed by atoms with Crippen LogP contribution < -0.4 is 0 Å². The average Bonchev–Trinajstić information content (AvgIpc) is 2.87. The molecular weight excluding hydrogens is 210 g/mol. The molecule has 5 heteroatoms. The van der Waals surface area contributed by atoms with E-state index < -0.39 is 6.10 Å². The van der Waals surface area contributed by atoms with Crippen molar-refractivity contribution in [3.8, 4) is 0 Å². The number of aliphatic hydroxyl groups is 1. The summed E-state index contributed by atoms with van der Waals surface area (Å²) in [4.78, 5) is 4.10. The highest BCUT2D eigenvalue weighted by Gasteiger charge is 2.16. The molecule has 2 rings (SSSR count). The van der Waals surface area contributed by atoms with Gasteiger partial charge in [-0.1, -0.05) is 6.92 Å². The van der Waals surface area contributed by atoms with Gasteiger partial charge in [0.15, 0.2) is 0 Å². The van der Waals surface area contributed by atoms with Gasteiger partial charge in [0.25, 0.3) is 0 Å². The average molecular weight is 223 g/mol. The van der Waals surface area contributed by atoms with E-state index in [1.54, 1.807) is 11.7 Å². The number of rotatable bonds is 4. The molecule has 0 spiro atoms. The molecule has 15 heavy (non-hydrogen) atoms. The summed E-state index contributed by atoms with van der Waals surface area (Å²) >= 11 is 1.48. The maximum atomic E-state index is 10.1. The van der Waals surface area contributed by atoms with Gasteiger partial charge in [0.1, 0.15) is 6.10 Å². The first-order chi connectivity index (χ1) is 7.33. The summed E-state index contributed by atoms with van der Waals surface area (Å²) in [7, 11) is 0. The molecule has 80 valence electrons. The molecule has 1 N–H and O–H groups in total. The van der Waals surface area contributed by atoms with Gasteiger partial charge in [-0.3, -0.25) is 4.68 Å². The molecule has 2 aromatic rings. The minimum Gasteiger partial charge on any atom is -0.380 e. The van der Waals surface area contributed by atoms with Crippen LogP contribution in [0.3, 0.4) is 0 Å². The van der Waals surface area contributed by atoms with Gasteiger partial charge in [-0.15, -0.1) is 11.3 Å². The molecular formula is C10H13N3OS. The summed E-state index contributed by atoms with van der Waals surface area (Å²) in [5.74, 6) is 0. The summed E-state index contributed by atoms with van der Waals surface area (Å²) in [6.45, 7) is 2.91. The molecule has 0 radical (unpaired) electrons. The Bertz CT molecular complexity index is 410. The largest absolute Gasteiger partial charge is 0.380 e. The van der Waals surface area contributed by atoms with Crippen LogP contribution in [0.4, 0.5) is 0 Å². The van der Waals surface area contributed by atoms with Crippen LogP contribution in [0.2, 0.25) is 0 Å². The first kappa shape index (κ1) is 10.3. The molecule has 0 saturated heterocycles. The molecule has 0 aliphatic carbocycles. The van der Waals surface area contributed by atoms with E-state index in [0.717, 1.165) is 18.7 Å². The molecule has 0 bridgehead atoms. The molecule has 2 aromatic heterocycles. The molecule has 0 saturated carbocycles. The molecule has 0 aliphatic heterocycles. The molecule has 0 aliphatic rings. The zero-order valence-electron chi connectivity index (χ0n) is 8.50. The van der Waals surface area contributed by atoms with E-state index in [1.165, 1.54) is 11.3 Å². The Kier molecular flexibility index (Phi) is 3.13. The van der Waals surface area contributed by atoms with Crippen LogP contribution in [0.5, 0.6) is 0 Å². The summed E-state index contributed by atoms with van der Waals surface area (Å²) in [6, 6.07) is 1.83. The lowest BCUT2D eigenvalue weighted by Crippen LogP contribution is -2.10. The SMILES string of the molecule is CCCn1nccc1C(O)c1cscn1. The number of aromatic nitrogens is 3. The summed E-state index contributed by atoms with van der Waals surface area (Å²) in [5.41, 5.74) is 3.22. The Labute approximate surface area is 92.2 Å². The van der Waals surface area contributed by atoms with Gasteiger partial charge >= 0.3 is 0 Å². The fourth-order valence-corrected chi connectivity index (χ4v) is 2.05. The van der Waals surface area contributed by atoms with Gasteiger partial charge in [0.05, 0.1) is 16.9 Å². The van der Waals surface area contributed by atoms with Gasteiger partial charge in [-0.25, -0.2) is 4.98 Å². The van der Waals surface area contributed by atoms with Crippen LogP contribution >= 0.6 is 11.3 Å². The van der Waals surface area contributed by atoms with Crippen molar-refractivity contribution in [2.45, 2.75) is 26.0 Å². The minimum absolute atomic E-state index is 0.662. The van der Waals surface area contributed by atoms with Crippen LogP contribution in [0, 0.1) is 0 Å². The van der Waals surface area contributed by atoms with E-state index in [-0.39, 0.29) is 0 Å². The first-order valence-corrected chi connectivity index (χ1v) is 5.85. The third kappa shape index (κ3) is 2.08. The van der Waals surface area contributed by atoms with Crippen LogP contribution in [-0.2, 0) is 6.54 Å². The van der Waals surface area contributed by atoms with E-state index >= 15 is 0 Å². The van der Waals surface area contributed by atoms with Crippen molar-refractivity contribution in [3.05, 3.63) is 34.5 Å². The number of thiazole rings is 1. The number of hydrogen-bond donors (Lipinski definition) is 1. The third-order valence-corrected chi connectivity index (χ3v) is 2.80. The second-order valence-corrected chi connectivity index (χ2v) is 4.01. The Balaban J connectivity index is 2.25. The van der Waals surface area contributed by atoms with Crippen LogP contribution in [0.25, 0.3) is 0 Å². The van der Waals surface area contributed by atoms with Crippen LogP contribution in [0.1, 0.15) is 30.8 Å². The fourth-order valence-electron chi connectivity index (χ4n) is 1.48. The van der Waals surface area contributed by atoms with E-state index in [4.69, 9.17) is 0 Å². The predicted molar refractivity (Wildman–Crippen MR) is 58.7 cm³/mol. The topological polar surface area (TPSA) is 50.9 Å². The van der Waals surface area contributed by atoms with Crippen molar-refractivity contribution in [3.63, 3.8) is 0 Å². The van der Waals surface area contributed by atoms with Gasteiger partial charge in [0.2, 0.25) is 0 Å². The molecule has 0 fully saturated rings. The van der Waals surface area contributed by atoms with Crippen LogP contribution in [-0.4, -0.2) is 19.9 Å². The van der Waals surface area contributed by atoms with E-state index in [2.05, 4.69) is 17.0 Å². The third-order valence-electron chi connectivity index (χ3n) is 2.20. The maximum absolute atomic E-state index is 10.1. The zero-order valence-corrected chi connectivity index (χ0v) is 9.31. The quantitative estimate of drug-likeness (QED) is 0.860. The monoisotopic (exact) mass is 223 g/mol. The van der Waals surface area contributed by atoms with Gasteiger partial charge < -0.3 is 5.11 Å². The normalized spacial score (nSPS) is 12.9. The zero-order chi connectivity index (χ0) is 10.7. The highest BCUT2D eigenvalue weighted by atomic mass is 32.1. The lowest BCUT2D eigenvalue weighted by Gasteiger charge is -2.10. The highest BCUT2D eigenvalue weighted by molar-refractivity contribution is 7.07. The van der Waals surface area contributed by atoms with Crippen molar-refractivity contribution >= 4 is 11.3 Å². The van der Waals surface area contributed by atoms with E-state index in [1.807, 2.05) is 16.1 Å². The standard InChI is InChI=1S/C10H13N3OS/c1-2-5-13-9(3-4-12-13)10(14)8-6-15-7-11-8/h3-4,6-7,10,14H,2,5H2,1H3. The Morgan fingerprint density at radius 3 is 3.13 bits per heavy atom. The van der Waals surface area contributed by atoms with Crippen molar-refractivity contribution < 1.29 is 5.11 Å². The maximum Gasteiger partial charge on any atom is 0.138 e. The molecule has 2 heterocycles. The second-order valence-electron chi connectivity index (χ2n) is 3.30. The lowest BCUT2D eigenvalue weighted by molar-refractivity contribution is 0.203. The van der Waals surface area contributed by atoms with Crippen molar-refractivity contribution in [2.75, 3.05) is 0 Å². The first-order valence-electron chi connectivity index (χ1n) is 4.90. The summed E-state index contributed by atoms with van der Waals surface area (Å²) in [6.07, 6.45) is 2.05. The summed E-state index contributed by atoms with van der Waals surface area (Å²) in [5, 5.41) is 16.1. The molecule has 1 unspecified atom stereocenters. The molecule has 4 nitrogen and oxygen atoms in total. The Morgan fingerprint density at radius 2 is 2.47 bits per heavy atom. The molecule has 1 atom stereocenters. The number of hydrogen-bond acceptors (Lipinski definition) is 4. The second kappa shape index (κ2) is 4.55. The lowest BCUT2D eigenvalue weighted by atomic mass is 10.2. The Morgan fingerprint density at radius 1 is 1.60 bits per heavy atom. The molecule has 0 aromatic carbocycles. The number of nitrogens with zero attached hydrogens (tertiary/aromatic N) is 3. The smallest absolute Gasteiger partial charge is 0.138 e. The van der Waals surface area contributed by atoms with E-state index in [9.17, 15) is 5.11 Å². The van der Waals surface area contributed by atoms with Crippen molar-refractivity contribution in [1.82, 2.24) is 14.8 Å². The number of aryl methyl sites for hydroxylation is 1. The van der Waals surface area contributed by atoms with Crippen molar-refractivity contribution in [2.24, 2.45) is 0 Å². The predicted octanol–water partition coefficient (Wildman–Crippen LogP) is 1.83. The van der Waals surface area contributed by atoms with Gasteiger partial charge in [-0.05, 0) is 12.5 Å². The highest BCUT2D eigenvalue weighted by Crippen LogP contribution is 2.21.